The van der Waals surface area contributed by atoms with Crippen LogP contribution in [-0.2, 0) is 32.7 Å². The van der Waals surface area contributed by atoms with Gasteiger partial charge in [0.25, 0.3) is 0 Å². The van der Waals surface area contributed by atoms with Crippen LogP contribution in [-0.4, -0.2) is 0 Å². The van der Waals surface area contributed by atoms with Gasteiger partial charge < -0.3 is 5.32 Å². The number of nitrogens with one attached hydrogen (secondary N) is 1. The molecule has 0 bridgehead atoms. The molecule has 0 saturated heterocycles. The Bertz CT molecular complexity index is 151. The van der Waals surface area contributed by atoms with Crippen molar-refractivity contribution in [3.63, 3.8) is 0 Å². The first kappa shape index (κ1) is 13.7. The monoisotopic (exact) mass is 224 g/mol. The molecule has 59 valence electrons. The van der Waals surface area contributed by atoms with Crippen molar-refractivity contribution in [2.75, 3.05) is 5.32 Å². The standard InChI is InChI=1S/C7H7N.C2H6.Y/c1-8-7-5-3-2-4-6-7;1-2;/h2-5,8H,1H2;1-2H3;/q-2;;. The zero-order valence-corrected chi connectivity index (χ0v) is 9.93. The van der Waals surface area contributed by atoms with E-state index < -0.39 is 0 Å². The molecule has 1 nitrogen and oxygen atoms in total. The number of hydrogen-bond acceptors (Lipinski definition) is 1. The summed E-state index contributed by atoms with van der Waals surface area (Å²) in [6, 6.07) is 10.5. The van der Waals surface area contributed by atoms with E-state index in [0.717, 1.165) is 5.69 Å². The Labute approximate surface area is 94.5 Å². The molecule has 11 heavy (non-hydrogen) atoms. The molecule has 0 heterocycles. The van der Waals surface area contributed by atoms with Gasteiger partial charge in [-0.05, 0) is 0 Å². The van der Waals surface area contributed by atoms with E-state index in [0.29, 0.717) is 0 Å². The number of para-hydroxylation sites is 1. The van der Waals surface area contributed by atoms with E-state index in [1.54, 1.807) is 0 Å². The quantitative estimate of drug-likeness (QED) is 0.723. The van der Waals surface area contributed by atoms with Crippen molar-refractivity contribution in [1.29, 1.82) is 0 Å². The largest absolute Gasteiger partial charge is 0.558 e. The molecule has 1 radical (unpaired) electrons. The summed E-state index contributed by atoms with van der Waals surface area (Å²) < 4.78 is 0. The first-order chi connectivity index (χ1) is 4.93. The third-order valence-corrected chi connectivity index (χ3v) is 0.900. The van der Waals surface area contributed by atoms with E-state index in [2.05, 4.69) is 18.4 Å². The van der Waals surface area contributed by atoms with Crippen LogP contribution in [0.15, 0.2) is 24.3 Å². The molecule has 1 N–H and O–H groups in total. The van der Waals surface area contributed by atoms with Crippen molar-refractivity contribution in [3.05, 3.63) is 37.4 Å². The molecule has 0 aliphatic rings. The Hall–Kier alpha value is 0.124. The van der Waals surface area contributed by atoms with Crippen LogP contribution in [0.2, 0.25) is 0 Å². The van der Waals surface area contributed by atoms with Gasteiger partial charge in [0, 0.05) is 32.7 Å². The molecular weight excluding hydrogens is 211 g/mol. The topological polar surface area (TPSA) is 12.0 Å². The van der Waals surface area contributed by atoms with Crippen molar-refractivity contribution >= 4 is 5.69 Å². The summed E-state index contributed by atoms with van der Waals surface area (Å²) >= 11 is 0. The van der Waals surface area contributed by atoms with Crippen molar-refractivity contribution in [2.24, 2.45) is 0 Å². The minimum absolute atomic E-state index is 0. The second kappa shape index (κ2) is 10.1. The van der Waals surface area contributed by atoms with Gasteiger partial charge in [0.05, 0.1) is 0 Å². The Kier molecular flexibility index (Phi) is 12.6. The normalized spacial score (nSPS) is 6.82. The fourth-order valence-electron chi connectivity index (χ4n) is 0.503. The smallest absolute Gasteiger partial charge is 0 e. The van der Waals surface area contributed by atoms with Gasteiger partial charge in [-0.2, -0.15) is 30.3 Å². The average Bonchev–Trinajstić information content (AvgIpc) is 2.10. The maximum absolute atomic E-state index is 3.47. The van der Waals surface area contributed by atoms with Gasteiger partial charge in [-0.15, -0.1) is 5.69 Å². The van der Waals surface area contributed by atoms with Gasteiger partial charge in [-0.25, -0.2) is 0 Å². The Morgan fingerprint density at radius 2 is 2.00 bits per heavy atom. The molecule has 0 aromatic heterocycles. The molecule has 0 atom stereocenters. The predicted molar refractivity (Wildman–Crippen MR) is 45.6 cm³/mol. The summed E-state index contributed by atoms with van der Waals surface area (Å²) in [5, 5.41) is 2.72. The number of benzene rings is 1. The van der Waals surface area contributed by atoms with Gasteiger partial charge in [0.15, 0.2) is 0 Å². The molecule has 0 aliphatic carbocycles. The van der Waals surface area contributed by atoms with Crippen LogP contribution in [0, 0.1) is 13.1 Å². The van der Waals surface area contributed by atoms with Crippen LogP contribution in [0.25, 0.3) is 0 Å². The van der Waals surface area contributed by atoms with Crippen LogP contribution in [0.1, 0.15) is 13.8 Å². The number of rotatable bonds is 1. The second-order valence-corrected chi connectivity index (χ2v) is 1.45. The SMILES string of the molecule is CC.[CH2-]Nc1[c-]cccc1.[Y]. The van der Waals surface area contributed by atoms with Gasteiger partial charge in [-0.3, -0.25) is 7.05 Å². The maximum Gasteiger partial charge on any atom is 0 e. The summed E-state index contributed by atoms with van der Waals surface area (Å²) in [6.07, 6.45) is 0. The number of anilines is 1. The number of hydrogen-bond donors (Lipinski definition) is 1. The second-order valence-electron chi connectivity index (χ2n) is 1.45. The molecule has 0 aliphatic heterocycles. The molecule has 1 rings (SSSR count). The summed E-state index contributed by atoms with van der Waals surface area (Å²) in [4.78, 5) is 0. The first-order valence-electron chi connectivity index (χ1n) is 3.43. The van der Waals surface area contributed by atoms with Crippen LogP contribution >= 0.6 is 0 Å². The summed E-state index contributed by atoms with van der Waals surface area (Å²) in [5.74, 6) is 0. The van der Waals surface area contributed by atoms with Crippen molar-refractivity contribution in [2.45, 2.75) is 13.8 Å². The van der Waals surface area contributed by atoms with Crippen LogP contribution in [0.3, 0.4) is 0 Å². The molecule has 1 aromatic carbocycles. The van der Waals surface area contributed by atoms with Crippen LogP contribution in [0.5, 0.6) is 0 Å². The van der Waals surface area contributed by atoms with E-state index in [1.807, 2.05) is 38.1 Å². The fraction of sp³-hybridized carbons (Fsp3) is 0.222. The average molecular weight is 224 g/mol. The minimum Gasteiger partial charge on any atom is -0.558 e. The van der Waals surface area contributed by atoms with Gasteiger partial charge in [0.1, 0.15) is 0 Å². The molecule has 0 unspecified atom stereocenters. The van der Waals surface area contributed by atoms with Crippen molar-refractivity contribution in [3.8, 4) is 0 Å². The minimum atomic E-state index is 0. The summed E-state index contributed by atoms with van der Waals surface area (Å²) in [7, 11) is 3.47. The van der Waals surface area contributed by atoms with Gasteiger partial charge >= 0.3 is 0 Å². The zero-order valence-electron chi connectivity index (χ0n) is 7.09. The molecule has 0 amide bonds. The van der Waals surface area contributed by atoms with Crippen molar-refractivity contribution in [1.82, 2.24) is 0 Å². The van der Waals surface area contributed by atoms with Crippen LogP contribution in [0.4, 0.5) is 5.69 Å². The predicted octanol–water partition coefficient (Wildman–Crippen LogP) is 2.71. The molecular formula is C9H13NY-2. The Morgan fingerprint density at radius 3 is 2.27 bits per heavy atom. The molecule has 0 saturated carbocycles. The Balaban J connectivity index is 0. The fourth-order valence-corrected chi connectivity index (χ4v) is 0.503. The molecule has 0 spiro atoms. The third-order valence-electron chi connectivity index (χ3n) is 0.900. The summed E-state index contributed by atoms with van der Waals surface area (Å²) in [5.41, 5.74) is 0.924. The first-order valence-corrected chi connectivity index (χ1v) is 3.43. The Morgan fingerprint density at radius 1 is 1.36 bits per heavy atom. The molecule has 2 heteroatoms. The van der Waals surface area contributed by atoms with Gasteiger partial charge in [0.2, 0.25) is 0 Å². The van der Waals surface area contributed by atoms with Crippen LogP contribution < -0.4 is 5.32 Å². The zero-order chi connectivity index (χ0) is 7.82. The molecule has 1 aromatic rings. The van der Waals surface area contributed by atoms with Gasteiger partial charge in [-0.1, -0.05) is 13.8 Å². The van der Waals surface area contributed by atoms with E-state index >= 15 is 0 Å². The third kappa shape index (κ3) is 6.52. The van der Waals surface area contributed by atoms with E-state index in [9.17, 15) is 0 Å². The molecule has 0 fully saturated rings. The van der Waals surface area contributed by atoms with E-state index in [1.165, 1.54) is 0 Å². The van der Waals surface area contributed by atoms with E-state index in [-0.39, 0.29) is 32.7 Å². The van der Waals surface area contributed by atoms with E-state index in [4.69, 9.17) is 0 Å². The van der Waals surface area contributed by atoms with Crippen molar-refractivity contribution < 1.29 is 32.7 Å². The maximum atomic E-state index is 3.47. The summed E-state index contributed by atoms with van der Waals surface area (Å²) in [6.45, 7) is 4.00.